The van der Waals surface area contributed by atoms with Crippen molar-refractivity contribution in [1.29, 1.82) is 0 Å². The summed E-state index contributed by atoms with van der Waals surface area (Å²) in [5, 5.41) is 0.652. The Morgan fingerprint density at radius 3 is 2.43 bits per heavy atom. The molecule has 0 aromatic heterocycles. The van der Waals surface area contributed by atoms with Crippen LogP contribution in [0.3, 0.4) is 0 Å². The molecule has 0 aliphatic carbocycles. The molecule has 7 heteroatoms. The van der Waals surface area contributed by atoms with Gasteiger partial charge in [0.1, 0.15) is 0 Å². The van der Waals surface area contributed by atoms with Crippen LogP contribution in [0.1, 0.15) is 11.1 Å². The van der Waals surface area contributed by atoms with Crippen LogP contribution < -0.4 is 10.5 Å². The van der Waals surface area contributed by atoms with Gasteiger partial charge in [0.15, 0.2) is 0 Å². The van der Waals surface area contributed by atoms with Crippen LogP contribution in [0, 0.1) is 13.8 Å². The largest absolute Gasteiger partial charge is 0.398 e. The van der Waals surface area contributed by atoms with E-state index in [1.165, 1.54) is 12.1 Å². The van der Waals surface area contributed by atoms with E-state index in [4.69, 9.17) is 28.9 Å². The van der Waals surface area contributed by atoms with Gasteiger partial charge in [-0.25, -0.2) is 8.42 Å². The zero-order valence-corrected chi connectivity index (χ0v) is 13.8. The van der Waals surface area contributed by atoms with Crippen molar-refractivity contribution in [1.82, 2.24) is 0 Å². The topological polar surface area (TPSA) is 72.2 Å². The molecular formula is C14H14Cl2N2O2S. The van der Waals surface area contributed by atoms with Crippen molar-refractivity contribution in [2.75, 3.05) is 10.5 Å². The lowest BCUT2D eigenvalue weighted by molar-refractivity contribution is 0.600. The molecule has 0 spiro atoms. The molecule has 2 aromatic rings. The van der Waals surface area contributed by atoms with E-state index in [1.807, 2.05) is 0 Å². The number of halogens is 2. The first-order valence-electron chi connectivity index (χ1n) is 6.05. The molecular weight excluding hydrogens is 331 g/mol. The van der Waals surface area contributed by atoms with E-state index in [0.717, 1.165) is 5.56 Å². The fraction of sp³-hybridized carbons (Fsp3) is 0.143. The van der Waals surface area contributed by atoms with Gasteiger partial charge < -0.3 is 5.73 Å². The molecule has 112 valence electrons. The second-order valence-corrected chi connectivity index (χ2v) is 7.20. The standard InChI is InChI=1S/C14H14Cl2N2O2S/c1-8-5-12(17)9(2)14(6-8)21(19,20)18-13-7-10(15)3-4-11(13)16/h3-7,18H,17H2,1-2H3. The van der Waals surface area contributed by atoms with Crippen molar-refractivity contribution in [2.45, 2.75) is 18.7 Å². The van der Waals surface area contributed by atoms with Crippen LogP contribution in [0.15, 0.2) is 35.2 Å². The minimum Gasteiger partial charge on any atom is -0.398 e. The Kier molecular flexibility index (Phi) is 4.37. The summed E-state index contributed by atoms with van der Waals surface area (Å²) < 4.78 is 27.5. The molecule has 0 unspecified atom stereocenters. The average Bonchev–Trinajstić information content (AvgIpc) is 2.37. The van der Waals surface area contributed by atoms with Gasteiger partial charge in [0, 0.05) is 10.7 Å². The zero-order chi connectivity index (χ0) is 15.8. The Balaban J connectivity index is 2.51. The molecule has 0 atom stereocenters. The van der Waals surface area contributed by atoms with Gasteiger partial charge in [-0.2, -0.15) is 0 Å². The van der Waals surface area contributed by atoms with Crippen molar-refractivity contribution < 1.29 is 8.42 Å². The number of rotatable bonds is 3. The third-order valence-electron chi connectivity index (χ3n) is 3.01. The molecule has 4 nitrogen and oxygen atoms in total. The number of aryl methyl sites for hydroxylation is 1. The van der Waals surface area contributed by atoms with E-state index in [0.29, 0.717) is 16.3 Å². The smallest absolute Gasteiger partial charge is 0.262 e. The SMILES string of the molecule is Cc1cc(N)c(C)c(S(=O)(=O)Nc2cc(Cl)ccc2Cl)c1. The molecule has 0 radical (unpaired) electrons. The van der Waals surface area contributed by atoms with Gasteiger partial charge in [-0.05, 0) is 55.3 Å². The highest BCUT2D eigenvalue weighted by Gasteiger charge is 2.20. The maximum Gasteiger partial charge on any atom is 0.262 e. The third kappa shape index (κ3) is 3.43. The molecule has 21 heavy (non-hydrogen) atoms. The molecule has 2 aromatic carbocycles. The highest BCUT2D eigenvalue weighted by Crippen LogP contribution is 2.30. The Bertz CT molecular complexity index is 805. The minimum absolute atomic E-state index is 0.121. The predicted molar refractivity (Wildman–Crippen MR) is 87.6 cm³/mol. The third-order valence-corrected chi connectivity index (χ3v) is 5.06. The van der Waals surface area contributed by atoms with E-state index in [9.17, 15) is 8.42 Å². The van der Waals surface area contributed by atoms with Crippen molar-refractivity contribution >= 4 is 44.6 Å². The summed E-state index contributed by atoms with van der Waals surface area (Å²) in [5.74, 6) is 0. The summed E-state index contributed by atoms with van der Waals surface area (Å²) in [4.78, 5) is 0.121. The summed E-state index contributed by atoms with van der Waals surface area (Å²) in [6.45, 7) is 3.43. The minimum atomic E-state index is -3.80. The van der Waals surface area contributed by atoms with Gasteiger partial charge in [0.05, 0.1) is 15.6 Å². The van der Waals surface area contributed by atoms with Crippen LogP contribution in [0.4, 0.5) is 11.4 Å². The quantitative estimate of drug-likeness (QED) is 0.826. The maximum absolute atomic E-state index is 12.5. The fourth-order valence-electron chi connectivity index (χ4n) is 1.91. The number of anilines is 2. The zero-order valence-electron chi connectivity index (χ0n) is 11.4. The average molecular weight is 345 g/mol. The molecule has 3 N–H and O–H groups in total. The number of nitrogens with one attached hydrogen (secondary N) is 1. The lowest BCUT2D eigenvalue weighted by Gasteiger charge is -2.14. The summed E-state index contributed by atoms with van der Waals surface area (Å²) in [6, 6.07) is 7.85. The second-order valence-electron chi connectivity index (χ2n) is 4.71. The van der Waals surface area contributed by atoms with Crippen LogP contribution in [-0.4, -0.2) is 8.42 Å². The Labute approximate surface area is 133 Å². The maximum atomic E-state index is 12.5. The van der Waals surface area contributed by atoms with Crippen molar-refractivity contribution in [3.63, 3.8) is 0 Å². The first-order chi connectivity index (χ1) is 9.70. The molecule has 0 saturated carbocycles. The van der Waals surface area contributed by atoms with Gasteiger partial charge in [-0.1, -0.05) is 23.2 Å². The normalized spacial score (nSPS) is 11.4. The number of hydrogen-bond acceptors (Lipinski definition) is 3. The van der Waals surface area contributed by atoms with Crippen LogP contribution in [0.2, 0.25) is 10.0 Å². The van der Waals surface area contributed by atoms with E-state index < -0.39 is 10.0 Å². The molecule has 0 aliphatic heterocycles. The van der Waals surface area contributed by atoms with Gasteiger partial charge >= 0.3 is 0 Å². The van der Waals surface area contributed by atoms with Gasteiger partial charge in [0.25, 0.3) is 10.0 Å². The van der Waals surface area contributed by atoms with Crippen LogP contribution in [0.25, 0.3) is 0 Å². The molecule has 0 saturated heterocycles. The number of nitrogen functional groups attached to an aromatic ring is 1. The van der Waals surface area contributed by atoms with E-state index in [2.05, 4.69) is 4.72 Å². The molecule has 2 rings (SSSR count). The highest BCUT2D eigenvalue weighted by molar-refractivity contribution is 7.92. The number of nitrogens with two attached hydrogens (primary N) is 1. The highest BCUT2D eigenvalue weighted by atomic mass is 35.5. The number of hydrogen-bond donors (Lipinski definition) is 2. The monoisotopic (exact) mass is 344 g/mol. The molecule has 0 bridgehead atoms. The van der Waals surface area contributed by atoms with Gasteiger partial charge in [-0.3, -0.25) is 4.72 Å². The Morgan fingerprint density at radius 1 is 1.10 bits per heavy atom. The summed E-state index contributed by atoms with van der Waals surface area (Å²) in [6.07, 6.45) is 0. The molecule has 0 amide bonds. The lowest BCUT2D eigenvalue weighted by Crippen LogP contribution is -2.15. The first-order valence-corrected chi connectivity index (χ1v) is 8.29. The van der Waals surface area contributed by atoms with Crippen LogP contribution >= 0.6 is 23.2 Å². The van der Waals surface area contributed by atoms with Gasteiger partial charge in [0.2, 0.25) is 0 Å². The Hall–Kier alpha value is -1.43. The summed E-state index contributed by atoms with van der Waals surface area (Å²) >= 11 is 11.8. The molecule has 0 aliphatic rings. The van der Waals surface area contributed by atoms with Crippen molar-refractivity contribution in [2.24, 2.45) is 0 Å². The lowest BCUT2D eigenvalue weighted by atomic mass is 10.1. The molecule has 0 heterocycles. The van der Waals surface area contributed by atoms with Crippen LogP contribution in [0.5, 0.6) is 0 Å². The van der Waals surface area contributed by atoms with Crippen molar-refractivity contribution in [3.05, 3.63) is 51.5 Å². The second kappa shape index (κ2) is 5.75. The summed E-state index contributed by atoms with van der Waals surface area (Å²) in [7, 11) is -3.80. The predicted octanol–water partition coefficient (Wildman–Crippen LogP) is 3.99. The fourth-order valence-corrected chi connectivity index (χ4v) is 3.73. The number of sulfonamides is 1. The Morgan fingerprint density at radius 2 is 1.76 bits per heavy atom. The van der Waals surface area contributed by atoms with Crippen LogP contribution in [-0.2, 0) is 10.0 Å². The van der Waals surface area contributed by atoms with E-state index in [-0.39, 0.29) is 15.6 Å². The van der Waals surface area contributed by atoms with E-state index >= 15 is 0 Å². The molecule has 0 fully saturated rings. The van der Waals surface area contributed by atoms with Gasteiger partial charge in [-0.15, -0.1) is 0 Å². The summed E-state index contributed by atoms with van der Waals surface area (Å²) in [5.41, 5.74) is 7.73. The van der Waals surface area contributed by atoms with Crippen molar-refractivity contribution in [3.8, 4) is 0 Å². The first kappa shape index (κ1) is 15.9. The number of benzene rings is 2. The van der Waals surface area contributed by atoms with E-state index in [1.54, 1.807) is 32.0 Å².